The Balaban J connectivity index is 3.19. The number of aromatic nitrogens is 1. The molecule has 2 nitrogen and oxygen atoms in total. The van der Waals surface area contributed by atoms with Crippen molar-refractivity contribution in [2.75, 3.05) is 0 Å². The van der Waals surface area contributed by atoms with E-state index >= 15 is 0 Å². The summed E-state index contributed by atoms with van der Waals surface area (Å²) < 4.78 is 12.6. The van der Waals surface area contributed by atoms with E-state index < -0.39 is 5.82 Å². The number of hydrogen-bond acceptors (Lipinski definition) is 1. The second-order valence-corrected chi connectivity index (χ2v) is 2.77. The highest BCUT2D eigenvalue weighted by Gasteiger charge is 2.01. The molecule has 1 aromatic heterocycles. The van der Waals surface area contributed by atoms with Crippen LogP contribution in [0, 0.1) is 5.82 Å². The summed E-state index contributed by atoms with van der Waals surface area (Å²) in [6.45, 7) is 3.79. The molecule has 0 fully saturated rings. The molecular formula is C8H10FNO. The van der Waals surface area contributed by atoms with E-state index in [1.807, 2.05) is 13.8 Å². The Labute approximate surface area is 64.1 Å². The third kappa shape index (κ3) is 1.90. The van der Waals surface area contributed by atoms with E-state index in [9.17, 15) is 9.18 Å². The Bertz CT molecular complexity index is 303. The van der Waals surface area contributed by atoms with Crippen LogP contribution in [0.3, 0.4) is 0 Å². The first-order valence-corrected chi connectivity index (χ1v) is 3.49. The lowest BCUT2D eigenvalue weighted by Gasteiger charge is -2.02. The number of H-pyrrole nitrogens is 1. The van der Waals surface area contributed by atoms with E-state index in [4.69, 9.17) is 0 Å². The van der Waals surface area contributed by atoms with Crippen molar-refractivity contribution in [1.82, 2.24) is 4.98 Å². The minimum absolute atomic E-state index is 0.151. The Kier molecular flexibility index (Phi) is 2.08. The number of nitrogens with one attached hydrogen (secondary N) is 1. The van der Waals surface area contributed by atoms with Gasteiger partial charge in [0.25, 0.3) is 5.56 Å². The predicted octanol–water partition coefficient (Wildman–Crippen LogP) is 1.64. The zero-order valence-corrected chi connectivity index (χ0v) is 6.52. The topological polar surface area (TPSA) is 32.9 Å². The fraction of sp³-hybridized carbons (Fsp3) is 0.375. The number of pyridine rings is 1. The van der Waals surface area contributed by atoms with E-state index in [1.165, 1.54) is 6.07 Å². The lowest BCUT2D eigenvalue weighted by atomic mass is 10.1. The smallest absolute Gasteiger partial charge is 0.251 e. The van der Waals surface area contributed by atoms with Crippen LogP contribution in [0.4, 0.5) is 4.39 Å². The van der Waals surface area contributed by atoms with Crippen LogP contribution >= 0.6 is 0 Å². The molecule has 0 amide bonds. The summed E-state index contributed by atoms with van der Waals surface area (Å²) in [7, 11) is 0. The molecule has 0 aliphatic carbocycles. The summed E-state index contributed by atoms with van der Waals surface area (Å²) >= 11 is 0. The molecule has 60 valence electrons. The lowest BCUT2D eigenvalue weighted by Crippen LogP contribution is -2.09. The van der Waals surface area contributed by atoms with Crippen molar-refractivity contribution in [3.05, 3.63) is 34.0 Å². The highest BCUT2D eigenvalue weighted by atomic mass is 19.1. The first kappa shape index (κ1) is 7.98. The van der Waals surface area contributed by atoms with Crippen LogP contribution in [0.1, 0.15) is 25.5 Å². The van der Waals surface area contributed by atoms with Crippen LogP contribution in [0.15, 0.2) is 16.9 Å². The van der Waals surface area contributed by atoms with Gasteiger partial charge in [-0.1, -0.05) is 13.8 Å². The summed E-state index contributed by atoms with van der Waals surface area (Å²) in [5.41, 5.74) is 0.253. The minimum atomic E-state index is -0.475. The van der Waals surface area contributed by atoms with Crippen LogP contribution in [0.5, 0.6) is 0 Å². The van der Waals surface area contributed by atoms with Gasteiger partial charge in [-0.25, -0.2) is 4.39 Å². The quantitative estimate of drug-likeness (QED) is 0.657. The summed E-state index contributed by atoms with van der Waals surface area (Å²) in [4.78, 5) is 13.3. The van der Waals surface area contributed by atoms with Gasteiger partial charge in [-0.3, -0.25) is 4.79 Å². The molecule has 11 heavy (non-hydrogen) atoms. The average molecular weight is 155 g/mol. The van der Waals surface area contributed by atoms with Crippen molar-refractivity contribution < 1.29 is 4.39 Å². The Morgan fingerprint density at radius 3 is 2.55 bits per heavy atom. The van der Waals surface area contributed by atoms with E-state index in [0.29, 0.717) is 5.69 Å². The van der Waals surface area contributed by atoms with Crippen LogP contribution in [-0.4, -0.2) is 4.98 Å². The monoisotopic (exact) mass is 155 g/mol. The Morgan fingerprint density at radius 1 is 1.45 bits per heavy atom. The second-order valence-electron chi connectivity index (χ2n) is 2.77. The highest BCUT2D eigenvalue weighted by Crippen LogP contribution is 2.09. The van der Waals surface area contributed by atoms with Gasteiger partial charge in [0.15, 0.2) is 0 Å². The summed E-state index contributed by atoms with van der Waals surface area (Å²) in [6, 6.07) is 2.28. The third-order valence-electron chi connectivity index (χ3n) is 1.45. The Morgan fingerprint density at radius 2 is 2.09 bits per heavy atom. The number of rotatable bonds is 1. The van der Waals surface area contributed by atoms with Gasteiger partial charge in [0.1, 0.15) is 5.82 Å². The fourth-order valence-electron chi connectivity index (χ4n) is 0.841. The normalized spacial score (nSPS) is 10.5. The van der Waals surface area contributed by atoms with Gasteiger partial charge in [-0.2, -0.15) is 0 Å². The zero-order valence-electron chi connectivity index (χ0n) is 6.52. The maximum absolute atomic E-state index is 12.6. The molecule has 0 aromatic carbocycles. The maximum atomic E-state index is 12.6. The van der Waals surface area contributed by atoms with Gasteiger partial charge in [0.05, 0.1) is 0 Å². The average Bonchev–Trinajstić information content (AvgIpc) is 1.85. The van der Waals surface area contributed by atoms with Gasteiger partial charge in [0.2, 0.25) is 0 Å². The molecule has 0 bridgehead atoms. The van der Waals surface area contributed by atoms with E-state index in [2.05, 4.69) is 4.98 Å². The maximum Gasteiger partial charge on any atom is 0.251 e. The van der Waals surface area contributed by atoms with Gasteiger partial charge >= 0.3 is 0 Å². The van der Waals surface area contributed by atoms with E-state index in [0.717, 1.165) is 6.07 Å². The summed E-state index contributed by atoms with van der Waals surface area (Å²) in [5, 5.41) is 0. The molecule has 0 atom stereocenters. The van der Waals surface area contributed by atoms with Crippen LogP contribution < -0.4 is 5.56 Å². The Hall–Kier alpha value is -1.12. The van der Waals surface area contributed by atoms with Gasteiger partial charge in [-0.15, -0.1) is 0 Å². The molecule has 3 heteroatoms. The molecule has 0 radical (unpaired) electrons. The number of hydrogen-bond donors (Lipinski definition) is 1. The van der Waals surface area contributed by atoms with Crippen molar-refractivity contribution >= 4 is 0 Å². The van der Waals surface area contributed by atoms with Gasteiger partial charge in [-0.05, 0) is 12.0 Å². The van der Waals surface area contributed by atoms with Crippen LogP contribution in [0.25, 0.3) is 0 Å². The molecule has 1 rings (SSSR count). The first-order chi connectivity index (χ1) is 5.09. The largest absolute Gasteiger partial charge is 0.326 e. The zero-order chi connectivity index (χ0) is 8.43. The first-order valence-electron chi connectivity index (χ1n) is 3.49. The highest BCUT2D eigenvalue weighted by molar-refractivity contribution is 5.09. The van der Waals surface area contributed by atoms with Crippen molar-refractivity contribution in [3.63, 3.8) is 0 Å². The van der Waals surface area contributed by atoms with Crippen molar-refractivity contribution in [3.8, 4) is 0 Å². The van der Waals surface area contributed by atoms with Crippen molar-refractivity contribution in [1.29, 1.82) is 0 Å². The SMILES string of the molecule is CC(C)c1cc(F)cc(=O)[nH]1. The molecule has 0 spiro atoms. The molecular weight excluding hydrogens is 145 g/mol. The minimum Gasteiger partial charge on any atom is -0.326 e. The van der Waals surface area contributed by atoms with Crippen molar-refractivity contribution in [2.24, 2.45) is 0 Å². The van der Waals surface area contributed by atoms with Gasteiger partial charge in [0, 0.05) is 11.8 Å². The van der Waals surface area contributed by atoms with Crippen LogP contribution in [-0.2, 0) is 0 Å². The number of aromatic amines is 1. The van der Waals surface area contributed by atoms with E-state index in [-0.39, 0.29) is 11.5 Å². The number of halogens is 1. The predicted molar refractivity (Wildman–Crippen MR) is 41.1 cm³/mol. The van der Waals surface area contributed by atoms with Gasteiger partial charge < -0.3 is 4.98 Å². The fourth-order valence-corrected chi connectivity index (χ4v) is 0.841. The molecule has 1 N–H and O–H groups in total. The molecule has 1 heterocycles. The summed E-state index contributed by atoms with van der Waals surface area (Å²) in [6.07, 6.45) is 0. The molecule has 0 aliphatic heterocycles. The second kappa shape index (κ2) is 2.86. The molecule has 0 saturated heterocycles. The molecule has 0 unspecified atom stereocenters. The van der Waals surface area contributed by atoms with Crippen molar-refractivity contribution in [2.45, 2.75) is 19.8 Å². The third-order valence-corrected chi connectivity index (χ3v) is 1.45. The molecule has 0 saturated carbocycles. The van der Waals surface area contributed by atoms with Crippen LogP contribution in [0.2, 0.25) is 0 Å². The standard InChI is InChI=1S/C8H10FNO/c1-5(2)7-3-6(9)4-8(11)10-7/h3-5H,1-2H3,(H,10,11). The summed E-state index contributed by atoms with van der Waals surface area (Å²) in [5.74, 6) is -0.323. The lowest BCUT2D eigenvalue weighted by molar-refractivity contribution is 0.615. The van der Waals surface area contributed by atoms with E-state index in [1.54, 1.807) is 0 Å². The molecule has 1 aromatic rings. The molecule has 0 aliphatic rings.